The molecule has 1 saturated heterocycles. The van der Waals surface area contributed by atoms with E-state index in [4.69, 9.17) is 4.74 Å². The molecular weight excluding hydrogens is 384 g/mol. The fraction of sp³-hybridized carbons (Fsp3) is 0.600. The Morgan fingerprint density at radius 3 is 2.74 bits per heavy atom. The van der Waals surface area contributed by atoms with Gasteiger partial charge in [-0.15, -0.1) is 0 Å². The van der Waals surface area contributed by atoms with E-state index in [0.29, 0.717) is 24.0 Å². The third-order valence-corrected chi connectivity index (χ3v) is 5.71. The summed E-state index contributed by atoms with van der Waals surface area (Å²) in [4.78, 5) is 15.9. The van der Waals surface area contributed by atoms with Crippen molar-refractivity contribution < 1.29 is 17.9 Å². The van der Waals surface area contributed by atoms with Crippen LogP contribution in [0.2, 0.25) is 0 Å². The van der Waals surface area contributed by atoms with Gasteiger partial charge in [0.15, 0.2) is 0 Å². The number of aromatic nitrogens is 1. The number of pyridine rings is 1. The van der Waals surface area contributed by atoms with Gasteiger partial charge in [0, 0.05) is 36.4 Å². The maximum atomic E-state index is 12.6. The molecule has 0 radical (unpaired) electrons. The summed E-state index contributed by atoms with van der Waals surface area (Å²) in [5.74, 6) is -0.300. The van der Waals surface area contributed by atoms with Crippen LogP contribution in [0.4, 0.5) is 0 Å². The first-order valence-electron chi connectivity index (χ1n) is 7.40. The summed E-state index contributed by atoms with van der Waals surface area (Å²) < 4.78 is 32.5. The lowest BCUT2D eigenvalue weighted by molar-refractivity contribution is -0.155. The largest absolute Gasteiger partial charge is 0.460 e. The molecule has 0 aromatic carbocycles. The molecule has 0 N–H and O–H groups in total. The molecule has 8 heteroatoms. The molecule has 1 aliphatic heterocycles. The number of halogens is 1. The summed E-state index contributed by atoms with van der Waals surface area (Å²) in [6, 6.07) is 1.53. The van der Waals surface area contributed by atoms with E-state index in [1.54, 1.807) is 0 Å². The molecule has 128 valence electrons. The second kappa shape index (κ2) is 6.86. The van der Waals surface area contributed by atoms with Crippen LogP contribution < -0.4 is 0 Å². The maximum absolute atomic E-state index is 12.6. The highest BCUT2D eigenvalue weighted by molar-refractivity contribution is 9.10. The predicted octanol–water partition coefficient (Wildman–Crippen LogP) is 2.59. The van der Waals surface area contributed by atoms with Crippen LogP contribution in [0.25, 0.3) is 0 Å². The summed E-state index contributed by atoms with van der Waals surface area (Å²) in [5.41, 5.74) is -0.524. The normalized spacial score (nSPS) is 19.7. The van der Waals surface area contributed by atoms with E-state index in [9.17, 15) is 13.2 Å². The van der Waals surface area contributed by atoms with Crippen molar-refractivity contribution in [3.8, 4) is 0 Å². The highest BCUT2D eigenvalue weighted by Crippen LogP contribution is 2.27. The van der Waals surface area contributed by atoms with Gasteiger partial charge in [-0.25, -0.2) is 8.42 Å². The zero-order chi connectivity index (χ0) is 17.3. The van der Waals surface area contributed by atoms with Crippen molar-refractivity contribution in [2.75, 3.05) is 13.1 Å². The molecule has 2 heterocycles. The summed E-state index contributed by atoms with van der Waals surface area (Å²) in [7, 11) is -3.58. The molecule has 0 spiro atoms. The quantitative estimate of drug-likeness (QED) is 0.720. The molecule has 0 aliphatic carbocycles. The Hall–Kier alpha value is -0.990. The predicted molar refractivity (Wildman–Crippen MR) is 89.3 cm³/mol. The van der Waals surface area contributed by atoms with E-state index in [2.05, 4.69) is 20.9 Å². The van der Waals surface area contributed by atoms with Gasteiger partial charge in [-0.05, 0) is 55.1 Å². The lowest BCUT2D eigenvalue weighted by Crippen LogP contribution is -2.30. The third-order valence-electron chi connectivity index (χ3n) is 3.44. The first-order chi connectivity index (χ1) is 10.6. The van der Waals surface area contributed by atoms with Crippen molar-refractivity contribution >= 4 is 31.9 Å². The van der Waals surface area contributed by atoms with E-state index in [-0.39, 0.29) is 23.2 Å². The minimum Gasteiger partial charge on any atom is -0.460 e. The molecule has 0 amide bonds. The van der Waals surface area contributed by atoms with Crippen LogP contribution >= 0.6 is 15.9 Å². The van der Waals surface area contributed by atoms with E-state index in [0.717, 1.165) is 0 Å². The Labute approximate surface area is 145 Å². The van der Waals surface area contributed by atoms with Crippen LogP contribution in [0.3, 0.4) is 0 Å². The average molecular weight is 405 g/mol. The van der Waals surface area contributed by atoms with Crippen molar-refractivity contribution in [1.29, 1.82) is 0 Å². The molecule has 1 atom stereocenters. The lowest BCUT2D eigenvalue weighted by atomic mass is 10.1. The molecule has 1 unspecified atom stereocenters. The zero-order valence-corrected chi connectivity index (χ0v) is 15.9. The summed E-state index contributed by atoms with van der Waals surface area (Å²) in [6.45, 7) is 6.18. The number of carbonyl (C=O) groups is 1. The molecule has 2 rings (SSSR count). The number of hydrogen-bond acceptors (Lipinski definition) is 5. The zero-order valence-electron chi connectivity index (χ0n) is 13.5. The van der Waals surface area contributed by atoms with Crippen LogP contribution in [0.15, 0.2) is 27.8 Å². The fourth-order valence-corrected chi connectivity index (χ4v) is 4.52. The van der Waals surface area contributed by atoms with Crippen LogP contribution in [-0.4, -0.2) is 42.4 Å². The Balaban J connectivity index is 2.01. The highest BCUT2D eigenvalue weighted by Gasteiger charge is 2.34. The van der Waals surface area contributed by atoms with Crippen LogP contribution in [-0.2, 0) is 19.6 Å². The Morgan fingerprint density at radius 2 is 2.13 bits per heavy atom. The van der Waals surface area contributed by atoms with Gasteiger partial charge in [-0.1, -0.05) is 0 Å². The maximum Gasteiger partial charge on any atom is 0.306 e. The van der Waals surface area contributed by atoms with Gasteiger partial charge in [0.1, 0.15) is 10.5 Å². The van der Waals surface area contributed by atoms with Gasteiger partial charge >= 0.3 is 5.97 Å². The van der Waals surface area contributed by atoms with Gasteiger partial charge < -0.3 is 4.74 Å². The molecular formula is C15H21BrN2O4S. The number of rotatable bonds is 4. The standard InChI is InChI=1S/C15H21BrN2O4S/c1-15(2,3)22-14(19)6-11-4-5-18(10-11)23(20,21)13-7-12(16)8-17-9-13/h7-9,11H,4-6,10H2,1-3H3. The summed E-state index contributed by atoms with van der Waals surface area (Å²) in [6.07, 6.45) is 3.76. The Morgan fingerprint density at radius 1 is 1.43 bits per heavy atom. The van der Waals surface area contributed by atoms with Crippen molar-refractivity contribution in [1.82, 2.24) is 9.29 Å². The minimum absolute atomic E-state index is 0.0141. The molecule has 1 aromatic rings. The SMILES string of the molecule is CC(C)(C)OC(=O)CC1CCN(S(=O)(=O)c2cncc(Br)c2)C1. The first-order valence-corrected chi connectivity index (χ1v) is 9.64. The number of hydrogen-bond donors (Lipinski definition) is 0. The van der Waals surface area contributed by atoms with Crippen molar-refractivity contribution in [3.05, 3.63) is 22.9 Å². The van der Waals surface area contributed by atoms with E-state index in [1.165, 1.54) is 22.8 Å². The van der Waals surface area contributed by atoms with E-state index in [1.807, 2.05) is 20.8 Å². The second-order valence-electron chi connectivity index (χ2n) is 6.65. The average Bonchev–Trinajstić information content (AvgIpc) is 2.85. The topological polar surface area (TPSA) is 76.6 Å². The number of nitrogens with zero attached hydrogens (tertiary/aromatic N) is 2. The van der Waals surface area contributed by atoms with Crippen molar-refractivity contribution in [2.45, 2.75) is 44.1 Å². The summed E-state index contributed by atoms with van der Waals surface area (Å²) >= 11 is 3.23. The molecule has 1 aliphatic rings. The Bertz CT molecular complexity index is 685. The van der Waals surface area contributed by atoms with Crippen molar-refractivity contribution in [2.24, 2.45) is 5.92 Å². The number of ether oxygens (including phenoxy) is 1. The van der Waals surface area contributed by atoms with Gasteiger partial charge in [-0.3, -0.25) is 9.78 Å². The third kappa shape index (κ3) is 4.99. The fourth-order valence-electron chi connectivity index (χ4n) is 2.48. The lowest BCUT2D eigenvalue weighted by Gasteiger charge is -2.21. The number of carbonyl (C=O) groups excluding carboxylic acids is 1. The van der Waals surface area contributed by atoms with Gasteiger partial charge in [0.05, 0.1) is 0 Å². The van der Waals surface area contributed by atoms with E-state index < -0.39 is 15.6 Å². The number of esters is 1. The molecule has 23 heavy (non-hydrogen) atoms. The van der Waals surface area contributed by atoms with Gasteiger partial charge in [0.2, 0.25) is 10.0 Å². The van der Waals surface area contributed by atoms with Crippen LogP contribution in [0.1, 0.15) is 33.6 Å². The highest BCUT2D eigenvalue weighted by atomic mass is 79.9. The van der Waals surface area contributed by atoms with Crippen LogP contribution in [0, 0.1) is 5.92 Å². The monoisotopic (exact) mass is 404 g/mol. The molecule has 6 nitrogen and oxygen atoms in total. The second-order valence-corrected chi connectivity index (χ2v) is 9.50. The Kier molecular flexibility index (Phi) is 5.48. The molecule has 1 aromatic heterocycles. The molecule has 1 fully saturated rings. The smallest absolute Gasteiger partial charge is 0.306 e. The molecule has 0 bridgehead atoms. The van der Waals surface area contributed by atoms with Gasteiger partial charge in [-0.2, -0.15) is 4.31 Å². The minimum atomic E-state index is -3.58. The van der Waals surface area contributed by atoms with Crippen LogP contribution in [0.5, 0.6) is 0 Å². The van der Waals surface area contributed by atoms with E-state index >= 15 is 0 Å². The van der Waals surface area contributed by atoms with Crippen molar-refractivity contribution in [3.63, 3.8) is 0 Å². The molecule has 0 saturated carbocycles. The summed E-state index contributed by atoms with van der Waals surface area (Å²) in [5, 5.41) is 0. The number of sulfonamides is 1. The van der Waals surface area contributed by atoms with Gasteiger partial charge in [0.25, 0.3) is 0 Å². The first kappa shape index (κ1) is 18.4.